The average molecular weight is 688 g/mol. The third kappa shape index (κ3) is 7.15. The summed E-state index contributed by atoms with van der Waals surface area (Å²) in [5.41, 5.74) is 3.11. The van der Waals surface area contributed by atoms with Crippen molar-refractivity contribution in [1.29, 1.82) is 0 Å². The molecule has 0 spiro atoms. The Morgan fingerprint density at radius 2 is 1.74 bits per heavy atom. The number of carbonyl (C=O) groups is 2. The van der Waals surface area contributed by atoms with E-state index >= 15 is 0 Å². The number of fused-ring (bicyclic) bond motifs is 1. The van der Waals surface area contributed by atoms with Gasteiger partial charge in [-0.15, -0.1) is 0 Å². The molecule has 1 aromatic carbocycles. The third-order valence-corrected chi connectivity index (χ3v) is 9.74. The number of nitrogens with zero attached hydrogens (tertiary/aromatic N) is 7. The first-order chi connectivity index (χ1) is 23.7. The minimum Gasteiger partial charge on any atom is -0.348 e. The Morgan fingerprint density at radius 3 is 2.40 bits per heavy atom. The quantitative estimate of drug-likeness (QED) is 0.195. The van der Waals surface area contributed by atoms with Crippen LogP contribution in [0.2, 0.25) is 0 Å². The summed E-state index contributed by atoms with van der Waals surface area (Å²) in [5.74, 6) is -0.906. The molecular weight excluding hydrogens is 647 g/mol. The topological polar surface area (TPSA) is 125 Å². The van der Waals surface area contributed by atoms with Gasteiger partial charge in [-0.3, -0.25) is 23.6 Å². The number of benzene rings is 1. The van der Waals surface area contributed by atoms with Gasteiger partial charge in [0.05, 0.1) is 18.3 Å². The zero-order chi connectivity index (χ0) is 35.4. The Bertz CT molecular complexity index is 2040. The monoisotopic (exact) mass is 687 g/mol. The lowest BCUT2D eigenvalue weighted by Crippen LogP contribution is -2.55. The van der Waals surface area contributed by atoms with Crippen molar-refractivity contribution in [3.05, 3.63) is 83.7 Å². The minimum absolute atomic E-state index is 0.0126. The van der Waals surface area contributed by atoms with E-state index in [2.05, 4.69) is 37.0 Å². The van der Waals surface area contributed by atoms with Crippen molar-refractivity contribution in [2.24, 2.45) is 20.0 Å². The van der Waals surface area contributed by atoms with Gasteiger partial charge >= 0.3 is 6.18 Å². The number of amides is 2. The summed E-state index contributed by atoms with van der Waals surface area (Å²) < 4.78 is 45.5. The molecule has 2 N–H and O–H groups in total. The number of pyridine rings is 1. The van der Waals surface area contributed by atoms with Crippen molar-refractivity contribution >= 4 is 22.8 Å². The van der Waals surface area contributed by atoms with Crippen molar-refractivity contribution in [1.82, 2.24) is 45.0 Å². The van der Waals surface area contributed by atoms with Crippen molar-refractivity contribution in [3.8, 4) is 11.1 Å². The van der Waals surface area contributed by atoms with Crippen LogP contribution in [0.3, 0.4) is 0 Å². The van der Waals surface area contributed by atoms with Crippen LogP contribution in [0, 0.1) is 5.92 Å². The predicted octanol–water partition coefficient (Wildman–Crippen LogP) is 5.28. The summed E-state index contributed by atoms with van der Waals surface area (Å²) in [5, 5.41) is 19.4. The molecule has 11 nitrogen and oxygen atoms in total. The first kappa shape index (κ1) is 33.5. The zero-order valence-corrected chi connectivity index (χ0v) is 28.4. The van der Waals surface area contributed by atoms with Crippen molar-refractivity contribution in [2.45, 2.75) is 82.1 Å². The molecule has 0 saturated heterocycles. The lowest BCUT2D eigenvalue weighted by atomic mass is 9.82. The molecule has 2 saturated carbocycles. The molecule has 5 aromatic rings. The zero-order valence-electron chi connectivity index (χ0n) is 28.4. The molecular formula is C36H40F3N9O2. The fraction of sp³-hybridized carbons (Fsp3) is 0.444. The molecule has 4 aromatic heterocycles. The molecule has 14 heteroatoms. The normalized spacial score (nSPS) is 18.5. The number of halogens is 3. The largest absolute Gasteiger partial charge is 0.435 e. The Labute approximate surface area is 287 Å². The molecule has 7 rings (SSSR count). The van der Waals surface area contributed by atoms with E-state index in [0.29, 0.717) is 17.8 Å². The van der Waals surface area contributed by atoms with E-state index in [9.17, 15) is 22.8 Å². The van der Waals surface area contributed by atoms with Gasteiger partial charge in [0.1, 0.15) is 6.04 Å². The van der Waals surface area contributed by atoms with E-state index in [1.807, 2.05) is 37.5 Å². The highest BCUT2D eigenvalue weighted by Gasteiger charge is 2.45. The van der Waals surface area contributed by atoms with Crippen molar-refractivity contribution in [3.63, 3.8) is 0 Å². The van der Waals surface area contributed by atoms with E-state index in [1.165, 1.54) is 4.68 Å². The van der Waals surface area contributed by atoms with Crippen LogP contribution in [-0.2, 0) is 42.8 Å². The maximum Gasteiger partial charge on any atom is 0.435 e. The number of aryl methyl sites for hydroxylation is 2. The van der Waals surface area contributed by atoms with Crippen LogP contribution in [-0.4, -0.2) is 57.7 Å². The number of carbonyl (C=O) groups excluding carboxylic acids is 2. The average Bonchev–Trinajstić information content (AvgIpc) is 3.33. The number of aromatic nitrogens is 7. The summed E-state index contributed by atoms with van der Waals surface area (Å²) in [6.45, 7) is 3.54. The molecule has 4 heterocycles. The van der Waals surface area contributed by atoms with Gasteiger partial charge in [0.2, 0.25) is 11.8 Å². The summed E-state index contributed by atoms with van der Waals surface area (Å²) in [4.78, 5) is 31.9. The molecule has 0 radical (unpaired) electrons. The van der Waals surface area contributed by atoms with Crippen LogP contribution in [0.4, 0.5) is 13.2 Å². The maximum absolute atomic E-state index is 13.8. The number of alkyl halides is 3. The fourth-order valence-corrected chi connectivity index (χ4v) is 6.83. The van der Waals surface area contributed by atoms with Gasteiger partial charge in [-0.05, 0) is 67.9 Å². The van der Waals surface area contributed by atoms with Crippen LogP contribution in [0.5, 0.6) is 0 Å². The van der Waals surface area contributed by atoms with Gasteiger partial charge in [0, 0.05) is 67.6 Å². The molecule has 0 aliphatic heterocycles. The number of rotatable bonds is 11. The van der Waals surface area contributed by atoms with Crippen LogP contribution in [0.25, 0.3) is 22.2 Å². The maximum atomic E-state index is 13.8. The molecule has 2 fully saturated rings. The Kier molecular flexibility index (Phi) is 8.51. The third-order valence-electron chi connectivity index (χ3n) is 9.74. The first-order valence-corrected chi connectivity index (χ1v) is 16.9. The van der Waals surface area contributed by atoms with Crippen LogP contribution in [0.1, 0.15) is 73.9 Å². The second-order valence-electron chi connectivity index (χ2n) is 14.4. The second-order valence-corrected chi connectivity index (χ2v) is 14.4. The van der Waals surface area contributed by atoms with Gasteiger partial charge in [-0.25, -0.2) is 4.98 Å². The van der Waals surface area contributed by atoms with E-state index in [1.54, 1.807) is 48.8 Å². The fourth-order valence-electron chi connectivity index (χ4n) is 6.83. The van der Waals surface area contributed by atoms with Gasteiger partial charge in [-0.2, -0.15) is 28.5 Å². The molecule has 0 unspecified atom stereocenters. The smallest absolute Gasteiger partial charge is 0.348 e. The highest BCUT2D eigenvalue weighted by atomic mass is 19.4. The summed E-state index contributed by atoms with van der Waals surface area (Å²) >= 11 is 0. The van der Waals surface area contributed by atoms with Gasteiger partial charge in [0.25, 0.3) is 0 Å². The summed E-state index contributed by atoms with van der Waals surface area (Å²) in [6, 6.07) is 10.4. The van der Waals surface area contributed by atoms with E-state index in [4.69, 9.17) is 0 Å². The molecule has 2 aliphatic rings. The SMILES string of the molecule is Cn1cc(C[C@@H](NC(=O)[C@H]2C[C@@H]2c2ccc(-c3cnc4nn(C)cc4c3)cc2)C(=O)NC(C)(C)Cn2nc(C(F)(F)F)cc2C2CCC2)cn1. The second kappa shape index (κ2) is 12.7. The number of nitrogens with one attached hydrogen (secondary N) is 2. The number of hydrogen-bond acceptors (Lipinski definition) is 6. The van der Waals surface area contributed by atoms with E-state index in [0.717, 1.165) is 53.0 Å². The molecule has 50 heavy (non-hydrogen) atoms. The van der Waals surface area contributed by atoms with E-state index < -0.39 is 29.4 Å². The van der Waals surface area contributed by atoms with Crippen LogP contribution in [0.15, 0.2) is 61.2 Å². The number of hydrogen-bond donors (Lipinski definition) is 2. The first-order valence-electron chi connectivity index (χ1n) is 16.9. The van der Waals surface area contributed by atoms with E-state index in [-0.39, 0.29) is 36.6 Å². The van der Waals surface area contributed by atoms with Crippen molar-refractivity contribution < 1.29 is 22.8 Å². The lowest BCUT2D eigenvalue weighted by Gasteiger charge is -2.32. The molecule has 3 atom stereocenters. The summed E-state index contributed by atoms with van der Waals surface area (Å²) in [7, 11) is 3.63. The Morgan fingerprint density at radius 1 is 0.980 bits per heavy atom. The Balaban J connectivity index is 1.03. The van der Waals surface area contributed by atoms with Crippen LogP contribution < -0.4 is 10.6 Å². The highest BCUT2D eigenvalue weighted by Crippen LogP contribution is 2.48. The van der Waals surface area contributed by atoms with Gasteiger partial charge in [-0.1, -0.05) is 30.7 Å². The molecule has 0 bridgehead atoms. The predicted molar refractivity (Wildman–Crippen MR) is 180 cm³/mol. The molecule has 2 aliphatic carbocycles. The minimum atomic E-state index is -4.56. The molecule has 262 valence electrons. The Hall–Kier alpha value is -5.01. The highest BCUT2D eigenvalue weighted by molar-refractivity contribution is 5.90. The standard InChI is InChI=1S/C36H40F3N9O2/c1-35(2,20-48-30(24-6-5-7-24)15-31(44-48)36(37,38)39)43-34(50)29(12-21-16-41-46(3)18-21)42-33(49)28-14-27(28)23-10-8-22(9-11-23)25-13-26-19-47(4)45-32(26)40-17-25/h8-11,13,15-19,24,27-29H,5-7,12,14,20H2,1-4H3,(H,42,49)(H,43,50)/t27-,28+,29-/m1/s1. The summed E-state index contributed by atoms with van der Waals surface area (Å²) in [6.07, 6.45) is 6.03. The van der Waals surface area contributed by atoms with Gasteiger partial charge < -0.3 is 10.6 Å². The van der Waals surface area contributed by atoms with Gasteiger partial charge in [0.15, 0.2) is 11.3 Å². The molecule has 2 amide bonds. The van der Waals surface area contributed by atoms with Crippen LogP contribution >= 0.6 is 0 Å². The van der Waals surface area contributed by atoms with Crippen molar-refractivity contribution in [2.75, 3.05) is 0 Å². The lowest BCUT2D eigenvalue weighted by molar-refractivity contribution is -0.141.